The quantitative estimate of drug-likeness (QED) is 0.534. The molecule has 1 amide bonds. The molecule has 3 N–H and O–H groups in total. The molecule has 0 aliphatic heterocycles. The lowest BCUT2D eigenvalue weighted by Crippen LogP contribution is -2.38. The predicted octanol–water partition coefficient (Wildman–Crippen LogP) is -0.0369. The van der Waals surface area contributed by atoms with Gasteiger partial charge < -0.3 is 19.9 Å². The van der Waals surface area contributed by atoms with Crippen molar-refractivity contribution < 1.29 is 32.6 Å². The number of hydrogen-bond acceptors (Lipinski definition) is 6. The molecule has 24 heavy (non-hydrogen) atoms. The number of amides is 1. The molecular formula is C14H20N2O7S. The summed E-state index contributed by atoms with van der Waals surface area (Å²) in [5.74, 6) is -1.29. The van der Waals surface area contributed by atoms with Gasteiger partial charge in [-0.2, -0.15) is 0 Å². The summed E-state index contributed by atoms with van der Waals surface area (Å²) in [6.07, 6.45) is 0. The molecule has 0 saturated heterocycles. The number of rotatable bonds is 10. The van der Waals surface area contributed by atoms with Crippen molar-refractivity contribution >= 4 is 21.9 Å². The highest BCUT2D eigenvalue weighted by Crippen LogP contribution is 2.30. The second-order valence-electron chi connectivity index (χ2n) is 4.47. The van der Waals surface area contributed by atoms with Crippen LogP contribution in [0.2, 0.25) is 0 Å². The average molecular weight is 360 g/mol. The van der Waals surface area contributed by atoms with Crippen LogP contribution in [0.4, 0.5) is 0 Å². The van der Waals surface area contributed by atoms with Crippen LogP contribution in [0.5, 0.6) is 11.5 Å². The minimum atomic E-state index is -3.96. The molecule has 0 spiro atoms. The Balaban J connectivity index is 2.84. The maximum Gasteiger partial charge on any atom is 0.322 e. The van der Waals surface area contributed by atoms with Crippen molar-refractivity contribution in [1.29, 1.82) is 0 Å². The van der Waals surface area contributed by atoms with Crippen LogP contribution in [0, 0.1) is 0 Å². The van der Waals surface area contributed by atoms with Gasteiger partial charge in [0.25, 0.3) is 0 Å². The van der Waals surface area contributed by atoms with Crippen LogP contribution >= 0.6 is 0 Å². The van der Waals surface area contributed by atoms with Crippen LogP contribution in [0.1, 0.15) is 13.8 Å². The van der Waals surface area contributed by atoms with Crippen LogP contribution in [0.25, 0.3) is 0 Å². The van der Waals surface area contributed by atoms with E-state index in [9.17, 15) is 18.0 Å². The lowest BCUT2D eigenvalue weighted by Gasteiger charge is -2.13. The van der Waals surface area contributed by atoms with Crippen LogP contribution in [-0.2, 0) is 19.6 Å². The molecule has 0 heterocycles. The zero-order chi connectivity index (χ0) is 18.2. The highest BCUT2D eigenvalue weighted by molar-refractivity contribution is 7.89. The summed E-state index contributed by atoms with van der Waals surface area (Å²) in [6, 6.07) is 4.09. The number of carbonyl (C=O) groups is 2. The van der Waals surface area contributed by atoms with Crippen molar-refractivity contribution in [2.75, 3.05) is 26.3 Å². The fraction of sp³-hybridized carbons (Fsp3) is 0.429. The van der Waals surface area contributed by atoms with Crippen LogP contribution in [-0.4, -0.2) is 51.7 Å². The van der Waals surface area contributed by atoms with E-state index in [0.717, 1.165) is 0 Å². The van der Waals surface area contributed by atoms with Gasteiger partial charge in [-0.05, 0) is 26.0 Å². The van der Waals surface area contributed by atoms with Crippen LogP contribution in [0.15, 0.2) is 23.1 Å². The molecule has 0 fully saturated rings. The van der Waals surface area contributed by atoms with E-state index >= 15 is 0 Å². The molecule has 1 aromatic carbocycles. The Morgan fingerprint density at radius 1 is 1.08 bits per heavy atom. The van der Waals surface area contributed by atoms with Gasteiger partial charge in [0, 0.05) is 6.07 Å². The number of ether oxygens (including phenoxy) is 2. The highest BCUT2D eigenvalue weighted by atomic mass is 32.2. The van der Waals surface area contributed by atoms with Crippen molar-refractivity contribution in [3.63, 3.8) is 0 Å². The number of carboxylic acid groups (broad SMARTS) is 1. The molecule has 0 atom stereocenters. The molecule has 0 unspecified atom stereocenters. The molecule has 1 rings (SSSR count). The first kappa shape index (κ1) is 19.7. The largest absolute Gasteiger partial charge is 0.490 e. The fourth-order valence-electron chi connectivity index (χ4n) is 1.68. The van der Waals surface area contributed by atoms with E-state index in [1.807, 2.05) is 0 Å². The Bertz CT molecular complexity index is 688. The van der Waals surface area contributed by atoms with Gasteiger partial charge in [0.15, 0.2) is 11.5 Å². The summed E-state index contributed by atoms with van der Waals surface area (Å²) < 4.78 is 37.2. The first-order chi connectivity index (χ1) is 11.3. The molecule has 0 aromatic heterocycles. The van der Waals surface area contributed by atoms with E-state index in [4.69, 9.17) is 14.6 Å². The normalized spacial score (nSPS) is 10.9. The van der Waals surface area contributed by atoms with Gasteiger partial charge in [0.2, 0.25) is 15.9 Å². The lowest BCUT2D eigenvalue weighted by molar-refractivity contribution is -0.137. The molecule has 10 heteroatoms. The number of benzene rings is 1. The molecule has 1 aromatic rings. The second-order valence-corrected chi connectivity index (χ2v) is 6.24. The van der Waals surface area contributed by atoms with E-state index in [1.54, 1.807) is 13.8 Å². The SMILES string of the molecule is CCOc1ccc(S(=O)(=O)NCC(=O)NCC(=O)O)cc1OCC. The Morgan fingerprint density at radius 2 is 1.71 bits per heavy atom. The third kappa shape index (κ3) is 6.05. The van der Waals surface area contributed by atoms with Crippen molar-refractivity contribution in [3.8, 4) is 11.5 Å². The lowest BCUT2D eigenvalue weighted by atomic mass is 10.3. The standard InChI is InChI=1S/C14H20N2O7S/c1-3-22-11-6-5-10(7-12(11)23-4-2)24(20,21)16-8-13(17)15-9-14(18)19/h5-7,16H,3-4,8-9H2,1-2H3,(H,15,17)(H,18,19). The van der Waals surface area contributed by atoms with Gasteiger partial charge in [-0.15, -0.1) is 0 Å². The van der Waals surface area contributed by atoms with E-state index in [0.29, 0.717) is 19.0 Å². The summed E-state index contributed by atoms with van der Waals surface area (Å²) in [6.45, 7) is 3.10. The van der Waals surface area contributed by atoms with Crippen molar-refractivity contribution in [2.45, 2.75) is 18.7 Å². The van der Waals surface area contributed by atoms with Crippen molar-refractivity contribution in [1.82, 2.24) is 10.0 Å². The van der Waals surface area contributed by atoms with Gasteiger partial charge >= 0.3 is 5.97 Å². The van der Waals surface area contributed by atoms with Gasteiger partial charge in [0.1, 0.15) is 6.54 Å². The molecule has 0 aliphatic rings. The number of carboxylic acids is 1. The Kier molecular flexibility index (Phi) is 7.46. The molecular weight excluding hydrogens is 340 g/mol. The maximum atomic E-state index is 12.2. The predicted molar refractivity (Wildman–Crippen MR) is 84.6 cm³/mol. The minimum absolute atomic E-state index is 0.0968. The van der Waals surface area contributed by atoms with Crippen molar-refractivity contribution in [2.24, 2.45) is 0 Å². The van der Waals surface area contributed by atoms with Gasteiger partial charge in [-0.3, -0.25) is 9.59 Å². The number of carbonyl (C=O) groups excluding carboxylic acids is 1. The first-order valence-corrected chi connectivity index (χ1v) is 8.66. The van der Waals surface area contributed by atoms with Gasteiger partial charge in [0.05, 0.1) is 24.7 Å². The smallest absolute Gasteiger partial charge is 0.322 e. The minimum Gasteiger partial charge on any atom is -0.490 e. The molecule has 0 bridgehead atoms. The Labute approximate surface area is 140 Å². The number of nitrogens with one attached hydrogen (secondary N) is 2. The highest BCUT2D eigenvalue weighted by Gasteiger charge is 2.18. The summed E-state index contributed by atoms with van der Waals surface area (Å²) in [5.41, 5.74) is 0. The summed E-state index contributed by atoms with van der Waals surface area (Å²) in [5, 5.41) is 10.5. The monoisotopic (exact) mass is 360 g/mol. The average Bonchev–Trinajstić information content (AvgIpc) is 2.53. The van der Waals surface area contributed by atoms with Crippen LogP contribution in [0.3, 0.4) is 0 Å². The zero-order valence-electron chi connectivity index (χ0n) is 13.4. The van der Waals surface area contributed by atoms with E-state index < -0.39 is 35.0 Å². The van der Waals surface area contributed by atoms with E-state index in [1.165, 1.54) is 18.2 Å². The third-order valence-electron chi connectivity index (χ3n) is 2.68. The Hall–Kier alpha value is -2.33. The number of aliphatic carboxylic acids is 1. The summed E-state index contributed by atoms with van der Waals surface area (Å²) >= 11 is 0. The molecule has 0 saturated carbocycles. The molecule has 0 aliphatic carbocycles. The van der Waals surface area contributed by atoms with E-state index in [-0.39, 0.29) is 10.6 Å². The van der Waals surface area contributed by atoms with Crippen molar-refractivity contribution in [3.05, 3.63) is 18.2 Å². The zero-order valence-corrected chi connectivity index (χ0v) is 14.2. The van der Waals surface area contributed by atoms with Crippen LogP contribution < -0.4 is 19.5 Å². The number of hydrogen-bond donors (Lipinski definition) is 3. The summed E-state index contributed by atoms with van der Waals surface area (Å²) in [7, 11) is -3.96. The molecule has 134 valence electrons. The van der Waals surface area contributed by atoms with Gasteiger partial charge in [-0.25, -0.2) is 13.1 Å². The fourth-order valence-corrected chi connectivity index (χ4v) is 2.68. The molecule has 0 radical (unpaired) electrons. The Morgan fingerprint density at radius 3 is 2.29 bits per heavy atom. The summed E-state index contributed by atoms with van der Waals surface area (Å²) in [4.78, 5) is 21.6. The van der Waals surface area contributed by atoms with E-state index in [2.05, 4.69) is 10.0 Å². The topological polar surface area (TPSA) is 131 Å². The first-order valence-electron chi connectivity index (χ1n) is 7.18. The maximum absolute atomic E-state index is 12.2. The third-order valence-corrected chi connectivity index (χ3v) is 4.08. The van der Waals surface area contributed by atoms with Gasteiger partial charge in [-0.1, -0.05) is 0 Å². The molecule has 9 nitrogen and oxygen atoms in total. The second kappa shape index (κ2) is 9.08. The number of sulfonamides is 1.